The minimum Gasteiger partial charge on any atom is -0.492 e. The minimum absolute atomic E-state index is 0.00928. The lowest BCUT2D eigenvalue weighted by atomic mass is 10.1. The van der Waals surface area contributed by atoms with E-state index in [1.807, 2.05) is 0 Å². The molecule has 0 heterocycles. The van der Waals surface area contributed by atoms with Crippen molar-refractivity contribution in [3.8, 4) is 5.75 Å². The maximum absolute atomic E-state index is 11.7. The Balaban J connectivity index is 2.68. The lowest BCUT2D eigenvalue weighted by Crippen LogP contribution is -2.22. The monoisotopic (exact) mass is 305 g/mol. The molecular formula is C13H20ClNO3S. The number of hydrogen-bond acceptors (Lipinski definition) is 4. The van der Waals surface area contributed by atoms with Crippen LogP contribution in [0.1, 0.15) is 19.4 Å². The lowest BCUT2D eigenvalue weighted by molar-refractivity contribution is 0.337. The third kappa shape index (κ3) is 5.01. The molecule has 1 aromatic rings. The van der Waals surface area contributed by atoms with Gasteiger partial charge in [0.2, 0.25) is 0 Å². The first-order chi connectivity index (χ1) is 8.86. The summed E-state index contributed by atoms with van der Waals surface area (Å²) in [5, 5.41) is 0.232. The summed E-state index contributed by atoms with van der Waals surface area (Å²) in [6.45, 7) is 3.95. The number of sulfone groups is 1. The Morgan fingerprint density at radius 2 is 2.05 bits per heavy atom. The van der Waals surface area contributed by atoms with E-state index >= 15 is 0 Å². The molecule has 108 valence electrons. The Labute approximate surface area is 119 Å². The molecule has 0 saturated carbocycles. The van der Waals surface area contributed by atoms with E-state index < -0.39 is 9.84 Å². The van der Waals surface area contributed by atoms with Crippen LogP contribution in [0.5, 0.6) is 5.75 Å². The highest BCUT2D eigenvalue weighted by Crippen LogP contribution is 2.23. The first-order valence-electron chi connectivity index (χ1n) is 6.19. The standard InChI is InChI=1S/C13H20ClNO3S/c1-10(2)19(16,17)8-7-18-13-4-3-12(14)9-11(13)5-6-15/h3-4,9-10H,5-8,15H2,1-2H3. The summed E-state index contributed by atoms with van der Waals surface area (Å²) in [5.41, 5.74) is 6.42. The Kier molecular flexibility index (Phi) is 6.10. The van der Waals surface area contributed by atoms with Gasteiger partial charge in [0.05, 0.1) is 11.0 Å². The van der Waals surface area contributed by atoms with Crippen molar-refractivity contribution in [1.82, 2.24) is 0 Å². The van der Waals surface area contributed by atoms with E-state index in [1.54, 1.807) is 32.0 Å². The van der Waals surface area contributed by atoms with Crippen LogP contribution >= 0.6 is 11.6 Å². The number of halogens is 1. The molecule has 2 N–H and O–H groups in total. The average Bonchev–Trinajstić information content (AvgIpc) is 2.32. The van der Waals surface area contributed by atoms with Crippen LogP contribution in [0.3, 0.4) is 0 Å². The number of rotatable bonds is 7. The number of hydrogen-bond donors (Lipinski definition) is 1. The van der Waals surface area contributed by atoms with Crippen LogP contribution < -0.4 is 10.5 Å². The van der Waals surface area contributed by atoms with E-state index in [-0.39, 0.29) is 17.6 Å². The molecule has 0 spiro atoms. The molecule has 4 nitrogen and oxygen atoms in total. The fourth-order valence-electron chi connectivity index (χ4n) is 1.54. The summed E-state index contributed by atoms with van der Waals surface area (Å²) in [6.07, 6.45) is 0.646. The minimum atomic E-state index is -3.08. The molecule has 19 heavy (non-hydrogen) atoms. The maximum atomic E-state index is 11.7. The van der Waals surface area contributed by atoms with Gasteiger partial charge >= 0.3 is 0 Å². The van der Waals surface area contributed by atoms with Crippen molar-refractivity contribution in [2.45, 2.75) is 25.5 Å². The molecule has 0 amide bonds. The molecule has 0 aromatic heterocycles. The molecule has 0 aliphatic carbocycles. The van der Waals surface area contributed by atoms with Crippen molar-refractivity contribution in [2.24, 2.45) is 5.73 Å². The quantitative estimate of drug-likeness (QED) is 0.837. The zero-order chi connectivity index (χ0) is 14.5. The molecule has 6 heteroatoms. The van der Waals surface area contributed by atoms with Gasteiger partial charge in [-0.25, -0.2) is 8.42 Å². The molecule has 0 radical (unpaired) electrons. The SMILES string of the molecule is CC(C)S(=O)(=O)CCOc1ccc(Cl)cc1CCN. The lowest BCUT2D eigenvalue weighted by Gasteiger charge is -2.12. The topological polar surface area (TPSA) is 69.4 Å². The van der Waals surface area contributed by atoms with Gasteiger partial charge in [0, 0.05) is 5.02 Å². The summed E-state index contributed by atoms with van der Waals surface area (Å²) < 4.78 is 28.9. The van der Waals surface area contributed by atoms with Crippen LogP contribution in [0.4, 0.5) is 0 Å². The van der Waals surface area contributed by atoms with Gasteiger partial charge in [-0.1, -0.05) is 11.6 Å². The molecule has 0 atom stereocenters. The Hall–Kier alpha value is -0.780. The van der Waals surface area contributed by atoms with E-state index in [0.717, 1.165) is 5.56 Å². The van der Waals surface area contributed by atoms with Gasteiger partial charge in [0.15, 0.2) is 9.84 Å². The Morgan fingerprint density at radius 3 is 2.63 bits per heavy atom. The van der Waals surface area contributed by atoms with Gasteiger partial charge in [-0.05, 0) is 50.6 Å². The zero-order valence-electron chi connectivity index (χ0n) is 11.2. The third-order valence-electron chi connectivity index (χ3n) is 2.78. The number of nitrogens with two attached hydrogens (primary N) is 1. The van der Waals surface area contributed by atoms with Crippen molar-refractivity contribution in [1.29, 1.82) is 0 Å². The van der Waals surface area contributed by atoms with Gasteiger partial charge in [0.25, 0.3) is 0 Å². The smallest absolute Gasteiger partial charge is 0.155 e. The van der Waals surface area contributed by atoms with Gasteiger partial charge in [0.1, 0.15) is 12.4 Å². The van der Waals surface area contributed by atoms with Crippen molar-refractivity contribution in [2.75, 3.05) is 18.9 Å². The maximum Gasteiger partial charge on any atom is 0.155 e. The van der Waals surface area contributed by atoms with Crippen molar-refractivity contribution in [3.63, 3.8) is 0 Å². The molecule has 1 aromatic carbocycles. The van der Waals surface area contributed by atoms with E-state index in [0.29, 0.717) is 23.7 Å². The van der Waals surface area contributed by atoms with Gasteiger partial charge in [-0.3, -0.25) is 0 Å². The van der Waals surface area contributed by atoms with E-state index in [4.69, 9.17) is 22.1 Å². The van der Waals surface area contributed by atoms with Crippen LogP contribution in [0.2, 0.25) is 5.02 Å². The molecule has 0 aliphatic heterocycles. The third-order valence-corrected chi connectivity index (χ3v) is 5.19. The Bertz CT molecular complexity index is 515. The second-order valence-corrected chi connectivity index (χ2v) is 7.67. The van der Waals surface area contributed by atoms with E-state index in [1.165, 1.54) is 0 Å². The summed E-state index contributed by atoms with van der Waals surface area (Å²) in [7, 11) is -3.08. The fraction of sp³-hybridized carbons (Fsp3) is 0.538. The van der Waals surface area contributed by atoms with Crippen LogP contribution in [0.15, 0.2) is 18.2 Å². The van der Waals surface area contributed by atoms with Crippen LogP contribution in [-0.2, 0) is 16.3 Å². The molecule has 1 rings (SSSR count). The first-order valence-corrected chi connectivity index (χ1v) is 8.29. The highest BCUT2D eigenvalue weighted by atomic mass is 35.5. The molecule has 0 unspecified atom stereocenters. The van der Waals surface area contributed by atoms with Crippen LogP contribution in [-0.4, -0.2) is 32.6 Å². The van der Waals surface area contributed by atoms with Gasteiger partial charge < -0.3 is 10.5 Å². The normalized spacial score (nSPS) is 11.8. The predicted molar refractivity (Wildman–Crippen MR) is 78.6 cm³/mol. The van der Waals surface area contributed by atoms with Crippen molar-refractivity contribution < 1.29 is 13.2 Å². The summed E-state index contributed by atoms with van der Waals surface area (Å²) in [6, 6.07) is 5.25. The molecule has 0 bridgehead atoms. The van der Waals surface area contributed by atoms with Gasteiger partial charge in [-0.15, -0.1) is 0 Å². The zero-order valence-corrected chi connectivity index (χ0v) is 12.8. The highest BCUT2D eigenvalue weighted by Gasteiger charge is 2.16. The largest absolute Gasteiger partial charge is 0.492 e. The van der Waals surface area contributed by atoms with Crippen LogP contribution in [0.25, 0.3) is 0 Å². The van der Waals surface area contributed by atoms with E-state index in [9.17, 15) is 8.42 Å². The Morgan fingerprint density at radius 1 is 1.37 bits per heavy atom. The predicted octanol–water partition coefficient (Wildman–Crippen LogP) is 2.04. The summed E-state index contributed by atoms with van der Waals surface area (Å²) in [5.74, 6) is 0.656. The van der Waals surface area contributed by atoms with Crippen molar-refractivity contribution >= 4 is 21.4 Å². The molecule has 0 aliphatic rings. The number of benzene rings is 1. The molecule has 0 saturated heterocycles. The average molecular weight is 306 g/mol. The summed E-state index contributed by atoms with van der Waals surface area (Å²) in [4.78, 5) is 0. The second-order valence-electron chi connectivity index (χ2n) is 4.55. The van der Waals surface area contributed by atoms with E-state index in [2.05, 4.69) is 0 Å². The summed E-state index contributed by atoms with van der Waals surface area (Å²) >= 11 is 5.91. The van der Waals surface area contributed by atoms with Gasteiger partial charge in [-0.2, -0.15) is 0 Å². The number of ether oxygens (including phenoxy) is 1. The fourth-order valence-corrected chi connectivity index (χ4v) is 2.52. The first kappa shape index (κ1) is 16.3. The molecule has 0 fully saturated rings. The second kappa shape index (κ2) is 7.12. The highest BCUT2D eigenvalue weighted by molar-refractivity contribution is 7.91. The van der Waals surface area contributed by atoms with Crippen molar-refractivity contribution in [3.05, 3.63) is 28.8 Å². The molecular weight excluding hydrogens is 286 g/mol. The van der Waals surface area contributed by atoms with Crippen LogP contribution in [0, 0.1) is 0 Å².